The molecular formula is C16H12BrN3O4. The first kappa shape index (κ1) is 16.0. The zero-order valence-corrected chi connectivity index (χ0v) is 13.9. The van der Waals surface area contributed by atoms with Gasteiger partial charge in [-0.3, -0.25) is 14.2 Å². The second-order valence-corrected chi connectivity index (χ2v) is 5.86. The average molecular weight is 390 g/mol. The van der Waals surface area contributed by atoms with Crippen LogP contribution < -0.4 is 16.6 Å². The van der Waals surface area contributed by atoms with Crippen LogP contribution in [0.1, 0.15) is 16.1 Å². The van der Waals surface area contributed by atoms with Crippen LogP contribution in [0.4, 0.5) is 5.69 Å². The van der Waals surface area contributed by atoms with Crippen LogP contribution >= 0.6 is 15.9 Å². The number of carbonyl (C=O) groups excluding carboxylic acids is 1. The maximum atomic E-state index is 12.4. The molecule has 7 nitrogen and oxygen atoms in total. The number of aromatic nitrogens is 2. The van der Waals surface area contributed by atoms with Gasteiger partial charge in [0.25, 0.3) is 11.5 Å². The molecule has 0 radical (unpaired) electrons. The van der Waals surface area contributed by atoms with E-state index in [0.29, 0.717) is 11.4 Å². The fourth-order valence-corrected chi connectivity index (χ4v) is 2.54. The maximum Gasteiger partial charge on any atom is 0.328 e. The van der Waals surface area contributed by atoms with Crippen molar-refractivity contribution in [2.45, 2.75) is 6.54 Å². The van der Waals surface area contributed by atoms with Crippen LogP contribution in [0.2, 0.25) is 0 Å². The lowest BCUT2D eigenvalue weighted by Crippen LogP contribution is -2.39. The summed E-state index contributed by atoms with van der Waals surface area (Å²) < 4.78 is 6.84. The Morgan fingerprint density at radius 1 is 1.25 bits per heavy atom. The number of rotatable bonds is 4. The number of hydrogen-bond acceptors (Lipinski definition) is 4. The number of furan rings is 1. The predicted octanol–water partition coefficient (Wildman–Crippen LogP) is 2.19. The first-order valence-corrected chi connectivity index (χ1v) is 7.76. The SMILES string of the molecule is O=C(Nc1cccc(Br)c1)c1c[nH]c(=O)n(Cc2ccco2)c1=O. The minimum atomic E-state index is -0.692. The smallest absolute Gasteiger partial charge is 0.328 e. The number of nitrogens with one attached hydrogen (secondary N) is 2. The Bertz CT molecular complexity index is 989. The molecule has 0 aliphatic rings. The van der Waals surface area contributed by atoms with Crippen LogP contribution in [-0.4, -0.2) is 15.5 Å². The van der Waals surface area contributed by atoms with Gasteiger partial charge in [0.1, 0.15) is 11.3 Å². The van der Waals surface area contributed by atoms with Crippen molar-refractivity contribution in [2.75, 3.05) is 5.32 Å². The van der Waals surface area contributed by atoms with Crippen LogP contribution in [0.25, 0.3) is 0 Å². The molecule has 2 aromatic heterocycles. The third-order valence-electron chi connectivity index (χ3n) is 3.28. The van der Waals surface area contributed by atoms with Crippen molar-refractivity contribution < 1.29 is 9.21 Å². The quantitative estimate of drug-likeness (QED) is 0.714. The number of halogens is 1. The van der Waals surface area contributed by atoms with E-state index in [4.69, 9.17) is 4.42 Å². The largest absolute Gasteiger partial charge is 0.467 e. The Morgan fingerprint density at radius 3 is 2.79 bits per heavy atom. The number of anilines is 1. The topological polar surface area (TPSA) is 97.1 Å². The van der Waals surface area contributed by atoms with Gasteiger partial charge >= 0.3 is 5.69 Å². The van der Waals surface area contributed by atoms with Crippen molar-refractivity contribution in [1.82, 2.24) is 9.55 Å². The summed E-state index contributed by atoms with van der Waals surface area (Å²) in [7, 11) is 0. The maximum absolute atomic E-state index is 12.4. The molecule has 2 heterocycles. The van der Waals surface area contributed by atoms with Gasteiger partial charge in [-0.2, -0.15) is 0 Å². The molecule has 1 amide bonds. The zero-order valence-electron chi connectivity index (χ0n) is 12.3. The molecule has 1 aromatic carbocycles. The van der Waals surface area contributed by atoms with Crippen molar-refractivity contribution in [1.29, 1.82) is 0 Å². The molecule has 0 saturated heterocycles. The molecule has 0 spiro atoms. The minimum absolute atomic E-state index is 0.0564. The Labute approximate surface area is 144 Å². The normalized spacial score (nSPS) is 10.5. The summed E-state index contributed by atoms with van der Waals surface area (Å²) in [6, 6.07) is 10.2. The third kappa shape index (κ3) is 3.38. The predicted molar refractivity (Wildman–Crippen MR) is 91.2 cm³/mol. The molecule has 2 N–H and O–H groups in total. The highest BCUT2D eigenvalue weighted by Gasteiger charge is 2.15. The second-order valence-electron chi connectivity index (χ2n) is 4.94. The highest BCUT2D eigenvalue weighted by Crippen LogP contribution is 2.15. The van der Waals surface area contributed by atoms with Gasteiger partial charge < -0.3 is 14.7 Å². The standard InChI is InChI=1S/C16H12BrN3O4/c17-10-3-1-4-11(7-10)19-14(21)13-8-18-16(23)20(15(13)22)9-12-5-2-6-24-12/h1-8H,9H2,(H,18,23)(H,19,21). The number of nitrogens with zero attached hydrogens (tertiary/aromatic N) is 1. The molecule has 3 rings (SSSR count). The fraction of sp³-hybridized carbons (Fsp3) is 0.0625. The van der Waals surface area contributed by atoms with Crippen molar-refractivity contribution in [3.8, 4) is 0 Å². The summed E-state index contributed by atoms with van der Waals surface area (Å²) in [5, 5.41) is 2.62. The summed E-state index contributed by atoms with van der Waals surface area (Å²) in [6.07, 6.45) is 2.55. The van der Waals surface area contributed by atoms with E-state index in [1.54, 1.807) is 30.3 Å². The van der Waals surface area contributed by atoms with Gasteiger partial charge in [0, 0.05) is 16.4 Å². The van der Waals surface area contributed by atoms with Gasteiger partial charge in [-0.1, -0.05) is 22.0 Å². The van der Waals surface area contributed by atoms with Crippen LogP contribution in [0.3, 0.4) is 0 Å². The van der Waals surface area contributed by atoms with E-state index in [9.17, 15) is 14.4 Å². The molecule has 0 atom stereocenters. The number of aromatic amines is 1. The van der Waals surface area contributed by atoms with Gasteiger partial charge in [-0.25, -0.2) is 4.79 Å². The van der Waals surface area contributed by atoms with E-state index >= 15 is 0 Å². The van der Waals surface area contributed by atoms with Crippen LogP contribution in [-0.2, 0) is 6.54 Å². The molecule has 0 bridgehead atoms. The second kappa shape index (κ2) is 6.71. The lowest BCUT2D eigenvalue weighted by atomic mass is 10.2. The van der Waals surface area contributed by atoms with E-state index in [0.717, 1.165) is 15.2 Å². The number of benzene rings is 1. The van der Waals surface area contributed by atoms with Crippen molar-refractivity contribution >= 4 is 27.5 Å². The van der Waals surface area contributed by atoms with Gasteiger partial charge in [-0.15, -0.1) is 0 Å². The molecule has 24 heavy (non-hydrogen) atoms. The fourth-order valence-electron chi connectivity index (χ4n) is 2.14. The molecule has 3 aromatic rings. The molecule has 0 fully saturated rings. The molecule has 8 heteroatoms. The van der Waals surface area contributed by atoms with Crippen LogP contribution in [0.5, 0.6) is 0 Å². The molecule has 0 aliphatic carbocycles. The Kier molecular flexibility index (Phi) is 4.48. The highest BCUT2D eigenvalue weighted by atomic mass is 79.9. The van der Waals surface area contributed by atoms with E-state index < -0.39 is 17.2 Å². The number of hydrogen-bond donors (Lipinski definition) is 2. The lowest BCUT2D eigenvalue weighted by molar-refractivity contribution is 0.102. The molecule has 0 unspecified atom stereocenters. The minimum Gasteiger partial charge on any atom is -0.467 e. The summed E-state index contributed by atoms with van der Waals surface area (Å²) in [5.41, 5.74) is -0.947. The third-order valence-corrected chi connectivity index (χ3v) is 3.78. The van der Waals surface area contributed by atoms with E-state index in [2.05, 4.69) is 26.2 Å². The molecule has 0 aliphatic heterocycles. The average Bonchev–Trinajstić information content (AvgIpc) is 3.04. The van der Waals surface area contributed by atoms with Gasteiger partial charge in [0.05, 0.1) is 12.8 Å². The number of carbonyl (C=O) groups is 1. The Balaban J connectivity index is 1.92. The Morgan fingerprint density at radius 2 is 2.08 bits per heavy atom. The highest BCUT2D eigenvalue weighted by molar-refractivity contribution is 9.10. The van der Waals surface area contributed by atoms with Crippen molar-refractivity contribution in [3.05, 3.63) is 85.5 Å². The van der Waals surface area contributed by atoms with Gasteiger partial charge in [0.2, 0.25) is 0 Å². The molecule has 122 valence electrons. The van der Waals surface area contributed by atoms with Gasteiger partial charge in [0.15, 0.2) is 0 Å². The zero-order chi connectivity index (χ0) is 17.1. The van der Waals surface area contributed by atoms with Gasteiger partial charge in [-0.05, 0) is 30.3 Å². The molecule has 0 saturated carbocycles. The summed E-state index contributed by atoms with van der Waals surface area (Å²) in [6.45, 7) is -0.0564. The summed E-state index contributed by atoms with van der Waals surface area (Å²) in [5.74, 6) is -0.172. The van der Waals surface area contributed by atoms with Crippen molar-refractivity contribution in [2.24, 2.45) is 0 Å². The molecular weight excluding hydrogens is 378 g/mol. The van der Waals surface area contributed by atoms with Crippen LogP contribution in [0.15, 0.2) is 67.3 Å². The lowest BCUT2D eigenvalue weighted by Gasteiger charge is -2.07. The monoisotopic (exact) mass is 389 g/mol. The first-order chi connectivity index (χ1) is 11.5. The summed E-state index contributed by atoms with van der Waals surface area (Å²) in [4.78, 5) is 39.0. The summed E-state index contributed by atoms with van der Waals surface area (Å²) >= 11 is 3.30. The van der Waals surface area contributed by atoms with E-state index in [-0.39, 0.29) is 12.1 Å². The van der Waals surface area contributed by atoms with Crippen molar-refractivity contribution in [3.63, 3.8) is 0 Å². The number of amides is 1. The van der Waals surface area contributed by atoms with E-state index in [1.165, 1.54) is 6.26 Å². The Hall–Kier alpha value is -2.87. The van der Waals surface area contributed by atoms with Crippen LogP contribution in [0, 0.1) is 0 Å². The number of H-pyrrole nitrogens is 1. The van der Waals surface area contributed by atoms with E-state index in [1.807, 2.05) is 6.07 Å². The first-order valence-electron chi connectivity index (χ1n) is 6.96.